The van der Waals surface area contributed by atoms with Crippen molar-refractivity contribution < 1.29 is 32.2 Å². The summed E-state index contributed by atoms with van der Waals surface area (Å²) in [6.07, 6.45) is -3.83. The summed E-state index contributed by atoms with van der Waals surface area (Å²) in [6, 6.07) is 13.9. The molecule has 0 bridgehead atoms. The highest BCUT2D eigenvalue weighted by atomic mass is 19.4. The number of benzene rings is 2. The molecule has 2 aliphatic heterocycles. The molecule has 11 heteroatoms. The Labute approximate surface area is 226 Å². The molecule has 2 atom stereocenters. The van der Waals surface area contributed by atoms with Crippen LogP contribution in [0, 0.1) is 17.7 Å². The lowest BCUT2D eigenvalue weighted by atomic mass is 9.95. The molecule has 2 unspecified atom stereocenters. The van der Waals surface area contributed by atoms with E-state index in [0.29, 0.717) is 44.7 Å². The van der Waals surface area contributed by atoms with Crippen molar-refractivity contribution in [2.45, 2.75) is 31.8 Å². The van der Waals surface area contributed by atoms with Crippen LogP contribution in [0.15, 0.2) is 48.5 Å². The van der Waals surface area contributed by atoms with Crippen LogP contribution in [0.25, 0.3) is 0 Å². The van der Waals surface area contributed by atoms with Crippen LogP contribution in [0.3, 0.4) is 0 Å². The third kappa shape index (κ3) is 8.06. The van der Waals surface area contributed by atoms with Gasteiger partial charge in [-0.15, -0.1) is 13.2 Å². The van der Waals surface area contributed by atoms with Gasteiger partial charge in [0.1, 0.15) is 0 Å². The number of halogens is 4. The van der Waals surface area contributed by atoms with Gasteiger partial charge in [-0.25, -0.2) is 4.39 Å². The van der Waals surface area contributed by atoms with Crippen molar-refractivity contribution >= 4 is 11.6 Å². The third-order valence-corrected chi connectivity index (χ3v) is 7.67. The average Bonchev–Trinajstić information content (AvgIpc) is 3.32. The van der Waals surface area contributed by atoms with Crippen LogP contribution in [0.5, 0.6) is 5.75 Å². The zero-order chi connectivity index (χ0) is 28.0. The molecule has 2 aromatic rings. The van der Waals surface area contributed by atoms with Crippen molar-refractivity contribution in [3.05, 3.63) is 59.9 Å². The normalized spacial score (nSPS) is 20.9. The van der Waals surface area contributed by atoms with Crippen molar-refractivity contribution in [1.82, 2.24) is 15.1 Å². The van der Waals surface area contributed by atoms with E-state index < -0.39 is 17.9 Å². The zero-order valence-electron chi connectivity index (χ0n) is 22.0. The molecule has 2 aliphatic rings. The number of piperidine rings is 1. The van der Waals surface area contributed by atoms with Crippen molar-refractivity contribution in [3.8, 4) is 5.75 Å². The first-order chi connectivity index (χ1) is 18.6. The van der Waals surface area contributed by atoms with Gasteiger partial charge in [-0.1, -0.05) is 30.3 Å². The molecule has 0 spiro atoms. The van der Waals surface area contributed by atoms with Gasteiger partial charge in [0.2, 0.25) is 5.91 Å². The maximum atomic E-state index is 14.1. The first kappa shape index (κ1) is 29.1. The van der Waals surface area contributed by atoms with Crippen molar-refractivity contribution in [3.63, 3.8) is 0 Å². The van der Waals surface area contributed by atoms with Gasteiger partial charge in [0.05, 0.1) is 0 Å². The van der Waals surface area contributed by atoms with Crippen LogP contribution in [0.4, 0.5) is 23.2 Å². The van der Waals surface area contributed by atoms with E-state index in [9.17, 15) is 27.5 Å². The molecule has 4 rings (SSSR count). The maximum Gasteiger partial charge on any atom is 0.573 e. The number of likely N-dealkylation sites (tertiary alicyclic amines) is 1. The minimum Gasteiger partial charge on any atom is -0.403 e. The van der Waals surface area contributed by atoms with Gasteiger partial charge in [0.15, 0.2) is 11.6 Å². The summed E-state index contributed by atoms with van der Waals surface area (Å²) in [5.41, 5.74) is 1.70. The summed E-state index contributed by atoms with van der Waals surface area (Å²) in [5, 5.41) is 13.0. The molecule has 214 valence electrons. The van der Waals surface area contributed by atoms with Gasteiger partial charge in [-0.3, -0.25) is 14.6 Å². The van der Waals surface area contributed by atoms with Crippen LogP contribution in [-0.2, 0) is 11.3 Å². The van der Waals surface area contributed by atoms with E-state index in [1.54, 1.807) is 0 Å². The number of nitrogens with zero attached hydrogens (tertiary/aromatic N) is 3. The number of carbonyl (C=O) groups is 1. The van der Waals surface area contributed by atoms with Crippen LogP contribution in [0.1, 0.15) is 18.4 Å². The second-order valence-electron chi connectivity index (χ2n) is 10.4. The summed E-state index contributed by atoms with van der Waals surface area (Å²) in [4.78, 5) is 19.2. The van der Waals surface area contributed by atoms with Crippen LogP contribution in [-0.4, -0.2) is 86.1 Å². The van der Waals surface area contributed by atoms with Crippen molar-refractivity contribution in [2.24, 2.45) is 11.8 Å². The number of anilines is 1. The Morgan fingerprint density at radius 2 is 1.85 bits per heavy atom. The number of amides is 1. The fourth-order valence-electron chi connectivity index (χ4n) is 5.55. The Hall–Kier alpha value is -2.89. The summed E-state index contributed by atoms with van der Waals surface area (Å²) in [7, 11) is 2.02. The number of hydrogen-bond acceptors (Lipinski definition) is 6. The third-order valence-electron chi connectivity index (χ3n) is 7.67. The number of aliphatic hydroxyl groups is 1. The standard InChI is InChI=1S/C28H36F4N4O3/c1-34(25-18-35(17-22(25)19-37)16-20-5-3-2-4-6-20)14-11-33-27(38)21-9-12-36(13-10-21)23-7-8-26(24(29)15-23)39-28(30,31)32/h2-8,15,21-22,25,37H,9-14,16-19H2,1H3,(H,33,38). The number of aliphatic hydroxyl groups excluding tert-OH is 1. The van der Waals surface area contributed by atoms with Gasteiger partial charge >= 0.3 is 6.36 Å². The summed E-state index contributed by atoms with van der Waals surface area (Å²) < 4.78 is 54.9. The molecule has 0 radical (unpaired) electrons. The molecule has 2 saturated heterocycles. The molecule has 0 aliphatic carbocycles. The molecule has 39 heavy (non-hydrogen) atoms. The number of ether oxygens (including phenoxy) is 1. The second kappa shape index (κ2) is 13.0. The maximum absolute atomic E-state index is 14.1. The Morgan fingerprint density at radius 3 is 2.49 bits per heavy atom. The molecule has 2 heterocycles. The first-order valence-corrected chi connectivity index (χ1v) is 13.3. The van der Waals surface area contributed by atoms with E-state index in [1.165, 1.54) is 11.6 Å². The van der Waals surface area contributed by atoms with Crippen LogP contribution < -0.4 is 15.0 Å². The number of hydrogen-bond donors (Lipinski definition) is 2. The van der Waals surface area contributed by atoms with Crippen LogP contribution in [0.2, 0.25) is 0 Å². The molecular weight excluding hydrogens is 516 g/mol. The molecule has 2 aromatic carbocycles. The summed E-state index contributed by atoms with van der Waals surface area (Å²) in [6.45, 7) is 4.79. The Bertz CT molecular complexity index is 1080. The smallest absolute Gasteiger partial charge is 0.403 e. The number of likely N-dealkylation sites (N-methyl/N-ethyl adjacent to an activating group) is 1. The first-order valence-electron chi connectivity index (χ1n) is 13.3. The molecule has 2 fully saturated rings. The van der Waals surface area contributed by atoms with Crippen molar-refractivity contribution in [2.75, 3.05) is 57.8 Å². The van der Waals surface area contributed by atoms with Gasteiger partial charge in [-0.2, -0.15) is 0 Å². The van der Waals surface area contributed by atoms with E-state index in [4.69, 9.17) is 0 Å². The Kier molecular flexibility index (Phi) is 9.68. The number of rotatable bonds is 10. The summed E-state index contributed by atoms with van der Waals surface area (Å²) in [5.74, 6) is -2.00. The number of nitrogens with one attached hydrogen (secondary N) is 1. The van der Waals surface area contributed by atoms with Gasteiger partial charge in [0, 0.05) is 82.1 Å². The Morgan fingerprint density at radius 1 is 1.13 bits per heavy atom. The largest absolute Gasteiger partial charge is 0.573 e. The topological polar surface area (TPSA) is 68.3 Å². The van der Waals surface area contributed by atoms with Crippen LogP contribution >= 0.6 is 0 Å². The fraction of sp³-hybridized carbons (Fsp3) is 0.536. The predicted octanol–water partition coefficient (Wildman–Crippen LogP) is 3.48. The minimum absolute atomic E-state index is 0.0287. The minimum atomic E-state index is -4.96. The lowest BCUT2D eigenvalue weighted by Gasteiger charge is -2.33. The van der Waals surface area contributed by atoms with Crippen molar-refractivity contribution in [1.29, 1.82) is 0 Å². The van der Waals surface area contributed by atoms with Gasteiger partial charge in [-0.05, 0) is 37.6 Å². The molecule has 2 N–H and O–H groups in total. The molecule has 0 saturated carbocycles. The van der Waals surface area contributed by atoms with Gasteiger partial charge in [0.25, 0.3) is 0 Å². The van der Waals surface area contributed by atoms with E-state index in [2.05, 4.69) is 32.0 Å². The highest BCUT2D eigenvalue weighted by Crippen LogP contribution is 2.31. The van der Waals surface area contributed by atoms with E-state index >= 15 is 0 Å². The molecule has 0 aromatic heterocycles. The highest BCUT2D eigenvalue weighted by Gasteiger charge is 2.35. The van der Waals surface area contributed by atoms with E-state index in [1.807, 2.05) is 30.1 Å². The second-order valence-corrected chi connectivity index (χ2v) is 10.4. The quantitative estimate of drug-likeness (QED) is 0.440. The van der Waals surface area contributed by atoms with Gasteiger partial charge < -0.3 is 20.1 Å². The van der Waals surface area contributed by atoms with E-state index in [0.717, 1.165) is 31.8 Å². The Balaban J connectivity index is 1.19. The number of alkyl halides is 3. The zero-order valence-corrected chi connectivity index (χ0v) is 22.0. The summed E-state index contributed by atoms with van der Waals surface area (Å²) >= 11 is 0. The predicted molar refractivity (Wildman–Crippen MR) is 140 cm³/mol. The number of carbonyl (C=O) groups excluding carboxylic acids is 1. The molecular formula is C28H36F4N4O3. The lowest BCUT2D eigenvalue weighted by molar-refractivity contribution is -0.275. The SMILES string of the molecule is CN(CCNC(=O)C1CCN(c2ccc(OC(F)(F)F)c(F)c2)CC1)C1CN(Cc2ccccc2)CC1CO. The monoisotopic (exact) mass is 552 g/mol. The highest BCUT2D eigenvalue weighted by molar-refractivity contribution is 5.79. The average molecular weight is 553 g/mol. The fourth-order valence-corrected chi connectivity index (χ4v) is 5.55. The lowest BCUT2D eigenvalue weighted by Crippen LogP contribution is -2.45. The molecule has 7 nitrogen and oxygen atoms in total. The molecule has 1 amide bonds. The van der Waals surface area contributed by atoms with E-state index in [-0.39, 0.29) is 30.4 Å².